The van der Waals surface area contributed by atoms with Crippen LogP contribution in [0.25, 0.3) is 17.1 Å². The maximum atomic E-state index is 12.7. The van der Waals surface area contributed by atoms with E-state index in [4.69, 9.17) is 0 Å². The Morgan fingerprint density at radius 2 is 1.66 bits per heavy atom. The fourth-order valence-electron chi connectivity index (χ4n) is 2.86. The molecular weight excluding hydrogens is 542 g/mol. The van der Waals surface area contributed by atoms with Crippen molar-refractivity contribution in [3.63, 3.8) is 0 Å². The number of nitrogens with zero attached hydrogens (tertiary/aromatic N) is 4. The number of hydrogen-bond donors (Lipinski definition) is 3. The summed E-state index contributed by atoms with van der Waals surface area (Å²) >= 11 is 6.27. The lowest BCUT2D eigenvalue weighted by Gasteiger charge is -2.06. The van der Waals surface area contributed by atoms with Crippen LogP contribution in [0.5, 0.6) is 11.5 Å². The van der Waals surface area contributed by atoms with E-state index in [0.29, 0.717) is 10.3 Å². The van der Waals surface area contributed by atoms with Gasteiger partial charge in [-0.25, -0.2) is 15.1 Å². The second-order valence-corrected chi connectivity index (χ2v) is 8.18. The van der Waals surface area contributed by atoms with E-state index in [0.717, 1.165) is 11.3 Å². The Bertz CT molecular complexity index is 1250. The fraction of sp³-hybridized carbons (Fsp3) is 0. The fourth-order valence-corrected chi connectivity index (χ4v) is 4.01. The number of phenols is 2. The molecule has 3 aromatic carbocycles. The predicted octanol–water partition coefficient (Wildman–Crippen LogP) is 4.63. The molecular formula is C22H15Br2N5O3. The smallest absolute Gasteiger partial charge is 0.311 e. The Labute approximate surface area is 199 Å². The number of phenolic OH excluding ortho intramolecular Hbond substituents is 2. The maximum Gasteiger partial charge on any atom is 0.311 e. The van der Waals surface area contributed by atoms with Crippen molar-refractivity contribution in [2.75, 3.05) is 0 Å². The maximum absolute atomic E-state index is 12.7. The highest BCUT2D eigenvalue weighted by Crippen LogP contribution is 2.40. The minimum atomic E-state index is -0.621. The largest absolute Gasteiger partial charge is 0.506 e. The lowest BCUT2D eigenvalue weighted by molar-refractivity contribution is 0.0945. The summed E-state index contributed by atoms with van der Waals surface area (Å²) < 4.78 is 2.05. The molecule has 10 heteroatoms. The molecule has 0 radical (unpaired) electrons. The summed E-state index contributed by atoms with van der Waals surface area (Å²) in [6, 6.07) is 20.2. The number of carbonyl (C=O) groups excluding carboxylic acids is 1. The molecule has 0 spiro atoms. The normalized spacial score (nSPS) is 11.1. The van der Waals surface area contributed by atoms with Gasteiger partial charge >= 0.3 is 5.91 Å². The van der Waals surface area contributed by atoms with E-state index in [1.807, 2.05) is 60.7 Å². The Hall–Kier alpha value is -3.50. The topological polar surface area (TPSA) is 113 Å². The lowest BCUT2D eigenvalue weighted by atomic mass is 10.2. The summed E-state index contributed by atoms with van der Waals surface area (Å²) in [5.41, 5.74) is 4.19. The summed E-state index contributed by atoms with van der Waals surface area (Å²) in [5, 5.41) is 28.2. The molecule has 0 bridgehead atoms. The minimum absolute atomic E-state index is 0.0675. The molecule has 0 fully saturated rings. The third kappa shape index (κ3) is 4.41. The van der Waals surface area contributed by atoms with Gasteiger partial charge in [-0.15, -0.1) is 5.10 Å². The van der Waals surface area contributed by atoms with Crippen LogP contribution in [0.15, 0.2) is 80.8 Å². The van der Waals surface area contributed by atoms with E-state index in [-0.39, 0.29) is 27.4 Å². The molecule has 32 heavy (non-hydrogen) atoms. The van der Waals surface area contributed by atoms with Gasteiger partial charge in [0, 0.05) is 11.1 Å². The molecule has 0 aliphatic rings. The average Bonchev–Trinajstić information content (AvgIpc) is 3.28. The summed E-state index contributed by atoms with van der Waals surface area (Å²) in [5.74, 6) is -0.545. The lowest BCUT2D eigenvalue weighted by Crippen LogP contribution is -2.19. The second-order valence-electron chi connectivity index (χ2n) is 6.53. The molecule has 8 nitrogen and oxygen atoms in total. The van der Waals surface area contributed by atoms with Crippen molar-refractivity contribution in [2.24, 2.45) is 5.10 Å². The van der Waals surface area contributed by atoms with Gasteiger partial charge in [0.15, 0.2) is 5.82 Å². The van der Waals surface area contributed by atoms with Crippen LogP contribution < -0.4 is 5.43 Å². The van der Waals surface area contributed by atoms with Crippen molar-refractivity contribution >= 4 is 44.0 Å². The zero-order valence-corrected chi connectivity index (χ0v) is 19.4. The predicted molar refractivity (Wildman–Crippen MR) is 127 cm³/mol. The summed E-state index contributed by atoms with van der Waals surface area (Å²) in [6.45, 7) is 0. The second kappa shape index (κ2) is 9.33. The first kappa shape index (κ1) is 21.7. The zero-order valence-electron chi connectivity index (χ0n) is 16.3. The number of aromatic nitrogens is 3. The van der Waals surface area contributed by atoms with E-state index < -0.39 is 5.91 Å². The average molecular weight is 557 g/mol. The molecule has 1 aromatic heterocycles. The van der Waals surface area contributed by atoms with Gasteiger partial charge in [-0.2, -0.15) is 5.10 Å². The van der Waals surface area contributed by atoms with Gasteiger partial charge < -0.3 is 10.2 Å². The molecule has 0 aliphatic heterocycles. The number of rotatable bonds is 5. The van der Waals surface area contributed by atoms with Crippen LogP contribution in [0.3, 0.4) is 0 Å². The van der Waals surface area contributed by atoms with Crippen molar-refractivity contribution in [1.82, 2.24) is 20.2 Å². The van der Waals surface area contributed by atoms with E-state index in [9.17, 15) is 15.0 Å². The number of benzene rings is 3. The molecule has 0 atom stereocenters. The van der Waals surface area contributed by atoms with Gasteiger partial charge in [0.25, 0.3) is 0 Å². The molecule has 3 N–H and O–H groups in total. The Morgan fingerprint density at radius 3 is 2.34 bits per heavy atom. The number of amides is 1. The zero-order chi connectivity index (χ0) is 22.7. The van der Waals surface area contributed by atoms with Crippen molar-refractivity contribution in [2.45, 2.75) is 0 Å². The van der Waals surface area contributed by atoms with Crippen LogP contribution in [0.4, 0.5) is 0 Å². The highest BCUT2D eigenvalue weighted by atomic mass is 79.9. The third-order valence-electron chi connectivity index (χ3n) is 4.41. The Morgan fingerprint density at radius 1 is 1.00 bits per heavy atom. The first-order chi connectivity index (χ1) is 15.5. The van der Waals surface area contributed by atoms with Crippen molar-refractivity contribution in [3.8, 4) is 28.6 Å². The molecule has 4 rings (SSSR count). The Kier molecular flexibility index (Phi) is 6.33. The number of nitrogens with one attached hydrogen (secondary N) is 1. The van der Waals surface area contributed by atoms with Gasteiger partial charge in [-0.1, -0.05) is 48.5 Å². The van der Waals surface area contributed by atoms with E-state index in [1.165, 1.54) is 12.3 Å². The number of aromatic hydroxyl groups is 2. The monoisotopic (exact) mass is 555 g/mol. The molecule has 4 aromatic rings. The molecule has 0 saturated carbocycles. The Balaban J connectivity index is 1.62. The van der Waals surface area contributed by atoms with Crippen molar-refractivity contribution in [3.05, 3.63) is 87.1 Å². The van der Waals surface area contributed by atoms with Crippen LogP contribution >= 0.6 is 31.9 Å². The third-order valence-corrected chi connectivity index (χ3v) is 5.77. The highest BCUT2D eigenvalue weighted by molar-refractivity contribution is 9.11. The van der Waals surface area contributed by atoms with Gasteiger partial charge in [-0.3, -0.25) is 4.79 Å². The van der Waals surface area contributed by atoms with Gasteiger partial charge in [0.2, 0.25) is 5.82 Å². The summed E-state index contributed by atoms with van der Waals surface area (Å²) in [6.07, 6.45) is 1.24. The van der Waals surface area contributed by atoms with E-state index in [1.54, 1.807) is 4.68 Å². The molecule has 0 aliphatic carbocycles. The number of hydrazone groups is 1. The van der Waals surface area contributed by atoms with Crippen LogP contribution in [-0.4, -0.2) is 37.1 Å². The van der Waals surface area contributed by atoms with Crippen LogP contribution in [0.2, 0.25) is 0 Å². The first-order valence-electron chi connectivity index (χ1n) is 9.27. The first-order valence-corrected chi connectivity index (χ1v) is 10.9. The number of carbonyl (C=O) groups is 1. The molecule has 1 heterocycles. The standard InChI is InChI=1S/C22H15Br2N5O3/c23-16-11-14(18(30)17(24)19(16)31)12-25-27-22(32)20-26-21(13-7-3-1-4-8-13)29(28-20)15-9-5-2-6-10-15/h1-12,30-31H,(H,27,32). The van der Waals surface area contributed by atoms with Crippen molar-refractivity contribution in [1.29, 1.82) is 0 Å². The quantitative estimate of drug-likeness (QED) is 0.245. The van der Waals surface area contributed by atoms with Crippen LogP contribution in [0.1, 0.15) is 16.2 Å². The molecule has 1 amide bonds. The van der Waals surface area contributed by atoms with Crippen LogP contribution in [-0.2, 0) is 0 Å². The van der Waals surface area contributed by atoms with Crippen LogP contribution in [0, 0.1) is 0 Å². The van der Waals surface area contributed by atoms with Gasteiger partial charge in [-0.05, 0) is 50.1 Å². The summed E-state index contributed by atoms with van der Waals surface area (Å²) in [4.78, 5) is 17.1. The highest BCUT2D eigenvalue weighted by Gasteiger charge is 2.18. The van der Waals surface area contributed by atoms with Gasteiger partial charge in [0.05, 0.1) is 16.4 Å². The van der Waals surface area contributed by atoms with Crippen molar-refractivity contribution < 1.29 is 15.0 Å². The van der Waals surface area contributed by atoms with Gasteiger partial charge in [0.1, 0.15) is 16.0 Å². The molecule has 0 unspecified atom stereocenters. The number of halogens is 2. The van der Waals surface area contributed by atoms with E-state index in [2.05, 4.69) is 52.5 Å². The van der Waals surface area contributed by atoms with E-state index >= 15 is 0 Å². The number of para-hydroxylation sites is 1. The number of hydrogen-bond acceptors (Lipinski definition) is 6. The molecule has 0 saturated heterocycles. The SMILES string of the molecule is O=C(NN=Cc1cc(Br)c(O)c(Br)c1O)c1nc(-c2ccccc2)n(-c2ccccc2)n1. The minimum Gasteiger partial charge on any atom is -0.506 e. The molecule has 160 valence electrons. The summed E-state index contributed by atoms with van der Waals surface area (Å²) in [7, 11) is 0.